The molecule has 0 amide bonds. The number of hydrogen-bond acceptors (Lipinski definition) is 2. The normalized spacial score (nSPS) is 10.3. The maximum absolute atomic E-state index is 13.8. The summed E-state index contributed by atoms with van der Waals surface area (Å²) in [6, 6.07) is 10.7. The van der Waals surface area contributed by atoms with Crippen LogP contribution in [0.25, 0.3) is 0 Å². The summed E-state index contributed by atoms with van der Waals surface area (Å²) in [6.45, 7) is 4.17. The highest BCUT2D eigenvalue weighted by molar-refractivity contribution is 5.40. The van der Waals surface area contributed by atoms with Crippen LogP contribution in [0.4, 0.5) is 4.39 Å². The molecule has 2 rings (SSSR count). The largest absolute Gasteiger partial charge is 0.497 e. The van der Waals surface area contributed by atoms with Gasteiger partial charge in [0.05, 0.1) is 7.11 Å². The number of benzene rings is 2. The number of rotatable bonds is 4. The predicted molar refractivity (Wildman–Crippen MR) is 73.2 cm³/mol. The first-order valence-corrected chi connectivity index (χ1v) is 6.13. The fraction of sp³-hybridized carbons (Fsp3) is 0.250. The first-order chi connectivity index (χ1) is 9.11. The van der Waals surface area contributed by atoms with Gasteiger partial charge in [0.2, 0.25) is 0 Å². The van der Waals surface area contributed by atoms with Crippen LogP contribution in [0.3, 0.4) is 0 Å². The number of ether oxygens (including phenoxy) is 2. The molecule has 0 saturated carbocycles. The smallest absolute Gasteiger partial charge is 0.133 e. The molecule has 100 valence electrons. The van der Waals surface area contributed by atoms with E-state index in [1.54, 1.807) is 12.1 Å². The van der Waals surface area contributed by atoms with E-state index in [0.717, 1.165) is 16.9 Å². The van der Waals surface area contributed by atoms with Crippen LogP contribution in [-0.4, -0.2) is 7.11 Å². The van der Waals surface area contributed by atoms with Crippen molar-refractivity contribution in [1.29, 1.82) is 0 Å². The Morgan fingerprint density at radius 3 is 2.32 bits per heavy atom. The van der Waals surface area contributed by atoms with E-state index in [-0.39, 0.29) is 12.4 Å². The summed E-state index contributed by atoms with van der Waals surface area (Å²) < 4.78 is 24.5. The lowest BCUT2D eigenvalue weighted by Gasteiger charge is -2.12. The molecule has 0 aliphatic heterocycles. The third-order valence-electron chi connectivity index (χ3n) is 3.04. The minimum atomic E-state index is -0.314. The van der Waals surface area contributed by atoms with Gasteiger partial charge < -0.3 is 9.47 Å². The molecule has 0 aliphatic carbocycles. The highest BCUT2D eigenvalue weighted by Crippen LogP contribution is 2.24. The lowest BCUT2D eigenvalue weighted by molar-refractivity contribution is 0.295. The molecule has 0 unspecified atom stereocenters. The second-order valence-corrected chi connectivity index (χ2v) is 4.47. The van der Waals surface area contributed by atoms with Crippen molar-refractivity contribution in [3.63, 3.8) is 0 Å². The van der Waals surface area contributed by atoms with Gasteiger partial charge in [-0.05, 0) is 37.1 Å². The molecular formula is C16H17FO2. The summed E-state index contributed by atoms with van der Waals surface area (Å²) in [6.07, 6.45) is 0. The van der Waals surface area contributed by atoms with E-state index in [1.807, 2.05) is 32.0 Å². The average molecular weight is 260 g/mol. The molecule has 2 aromatic rings. The Morgan fingerprint density at radius 1 is 1.05 bits per heavy atom. The minimum Gasteiger partial charge on any atom is -0.497 e. The molecule has 0 radical (unpaired) electrons. The molecule has 2 nitrogen and oxygen atoms in total. The van der Waals surface area contributed by atoms with Gasteiger partial charge in [-0.15, -0.1) is 0 Å². The van der Waals surface area contributed by atoms with Crippen molar-refractivity contribution in [2.75, 3.05) is 7.11 Å². The third-order valence-corrected chi connectivity index (χ3v) is 3.04. The van der Waals surface area contributed by atoms with Gasteiger partial charge in [-0.3, -0.25) is 0 Å². The molecule has 0 aliphatic rings. The van der Waals surface area contributed by atoms with Gasteiger partial charge >= 0.3 is 0 Å². The fourth-order valence-electron chi connectivity index (χ4n) is 1.95. The quantitative estimate of drug-likeness (QED) is 0.826. The Kier molecular flexibility index (Phi) is 4.05. The van der Waals surface area contributed by atoms with Crippen molar-refractivity contribution < 1.29 is 13.9 Å². The summed E-state index contributed by atoms with van der Waals surface area (Å²) in [4.78, 5) is 0. The van der Waals surface area contributed by atoms with Gasteiger partial charge in [0, 0.05) is 11.6 Å². The van der Waals surface area contributed by atoms with Crippen LogP contribution in [-0.2, 0) is 6.61 Å². The lowest BCUT2D eigenvalue weighted by atomic mass is 10.1. The summed E-state index contributed by atoms with van der Waals surface area (Å²) in [5.41, 5.74) is 2.62. The lowest BCUT2D eigenvalue weighted by Crippen LogP contribution is -2.01. The van der Waals surface area contributed by atoms with E-state index >= 15 is 0 Å². The van der Waals surface area contributed by atoms with E-state index in [4.69, 9.17) is 9.47 Å². The molecule has 0 spiro atoms. The van der Waals surface area contributed by atoms with Crippen LogP contribution in [0.5, 0.6) is 11.5 Å². The van der Waals surface area contributed by atoms with Gasteiger partial charge in [0.25, 0.3) is 0 Å². The molecule has 2 aromatic carbocycles. The molecule has 0 N–H and O–H groups in total. The first-order valence-electron chi connectivity index (χ1n) is 6.13. The molecule has 0 aromatic heterocycles. The Bertz CT molecular complexity index is 559. The highest BCUT2D eigenvalue weighted by Gasteiger charge is 2.07. The van der Waals surface area contributed by atoms with Crippen LogP contribution in [0, 0.1) is 19.7 Å². The van der Waals surface area contributed by atoms with Gasteiger partial charge in [0.1, 0.15) is 23.9 Å². The molecule has 0 bridgehead atoms. The number of methoxy groups -OCH3 is 1. The van der Waals surface area contributed by atoms with Gasteiger partial charge in [0.15, 0.2) is 0 Å². The van der Waals surface area contributed by atoms with Crippen molar-refractivity contribution in [2.45, 2.75) is 20.5 Å². The SMILES string of the molecule is COc1ccc(COc2c(C)cccc2C)c(F)c1. The fourth-order valence-corrected chi connectivity index (χ4v) is 1.95. The predicted octanol–water partition coefficient (Wildman–Crippen LogP) is 4.03. The highest BCUT2D eigenvalue weighted by atomic mass is 19.1. The summed E-state index contributed by atoms with van der Waals surface area (Å²) in [5.74, 6) is 1.01. The number of hydrogen-bond donors (Lipinski definition) is 0. The van der Waals surface area contributed by atoms with Gasteiger partial charge in [-0.1, -0.05) is 18.2 Å². The molecule has 0 fully saturated rings. The number of aryl methyl sites for hydroxylation is 2. The molecule has 0 heterocycles. The van der Waals surface area contributed by atoms with Crippen molar-refractivity contribution in [1.82, 2.24) is 0 Å². The molecule has 0 saturated heterocycles. The Morgan fingerprint density at radius 2 is 1.74 bits per heavy atom. The minimum absolute atomic E-state index is 0.210. The zero-order valence-electron chi connectivity index (χ0n) is 11.4. The Labute approximate surface area is 112 Å². The van der Waals surface area contributed by atoms with Crippen molar-refractivity contribution in [2.24, 2.45) is 0 Å². The summed E-state index contributed by atoms with van der Waals surface area (Å²) in [5, 5.41) is 0. The van der Waals surface area contributed by atoms with Crippen LogP contribution in [0.15, 0.2) is 36.4 Å². The molecule has 19 heavy (non-hydrogen) atoms. The van der Waals surface area contributed by atoms with E-state index in [2.05, 4.69) is 0 Å². The maximum Gasteiger partial charge on any atom is 0.133 e. The standard InChI is InChI=1S/C16H17FO2/c1-11-5-4-6-12(2)16(11)19-10-13-7-8-14(18-3)9-15(13)17/h4-9H,10H2,1-3H3. The van der Waals surface area contributed by atoms with Crippen LogP contribution in [0.2, 0.25) is 0 Å². The molecule has 3 heteroatoms. The number of halogens is 1. The Hall–Kier alpha value is -2.03. The summed E-state index contributed by atoms with van der Waals surface area (Å²) in [7, 11) is 1.52. The van der Waals surface area contributed by atoms with E-state index in [1.165, 1.54) is 13.2 Å². The van der Waals surface area contributed by atoms with E-state index < -0.39 is 0 Å². The van der Waals surface area contributed by atoms with E-state index in [0.29, 0.717) is 11.3 Å². The number of para-hydroxylation sites is 1. The van der Waals surface area contributed by atoms with Crippen LogP contribution >= 0.6 is 0 Å². The zero-order valence-corrected chi connectivity index (χ0v) is 11.4. The van der Waals surface area contributed by atoms with Crippen LogP contribution in [0.1, 0.15) is 16.7 Å². The summed E-state index contributed by atoms with van der Waals surface area (Å²) >= 11 is 0. The molecular weight excluding hydrogens is 243 g/mol. The third kappa shape index (κ3) is 3.05. The Balaban J connectivity index is 2.15. The monoisotopic (exact) mass is 260 g/mol. The van der Waals surface area contributed by atoms with Crippen molar-refractivity contribution >= 4 is 0 Å². The van der Waals surface area contributed by atoms with E-state index in [9.17, 15) is 4.39 Å². The second-order valence-electron chi connectivity index (χ2n) is 4.47. The van der Waals surface area contributed by atoms with Gasteiger partial charge in [-0.25, -0.2) is 4.39 Å². The van der Waals surface area contributed by atoms with Crippen molar-refractivity contribution in [3.8, 4) is 11.5 Å². The molecule has 0 atom stereocenters. The first kappa shape index (κ1) is 13.4. The maximum atomic E-state index is 13.8. The van der Waals surface area contributed by atoms with Crippen molar-refractivity contribution in [3.05, 3.63) is 58.9 Å². The van der Waals surface area contributed by atoms with Gasteiger partial charge in [-0.2, -0.15) is 0 Å². The zero-order chi connectivity index (χ0) is 13.8. The topological polar surface area (TPSA) is 18.5 Å². The van der Waals surface area contributed by atoms with Crippen LogP contribution < -0.4 is 9.47 Å². The average Bonchev–Trinajstić information content (AvgIpc) is 2.39. The second kappa shape index (κ2) is 5.74.